The Morgan fingerprint density at radius 1 is 0.917 bits per heavy atom. The predicted molar refractivity (Wildman–Crippen MR) is 98.3 cm³/mol. The number of aromatic nitrogens is 3. The Labute approximate surface area is 142 Å². The average molecular weight is 319 g/mol. The highest BCUT2D eigenvalue weighted by Gasteiger charge is 2.07. The van der Waals surface area contributed by atoms with Crippen molar-refractivity contribution in [3.63, 3.8) is 0 Å². The van der Waals surface area contributed by atoms with Gasteiger partial charge in [-0.2, -0.15) is 0 Å². The topological polar surface area (TPSA) is 62.7 Å². The third kappa shape index (κ3) is 4.29. The Morgan fingerprint density at radius 2 is 1.62 bits per heavy atom. The molecular formula is C19H21N5. The molecule has 0 aliphatic rings. The smallest absolute Gasteiger partial charge is 0.163 e. The van der Waals surface area contributed by atoms with Crippen LogP contribution in [0.4, 0.5) is 17.3 Å². The molecule has 5 heteroatoms. The first-order chi connectivity index (χ1) is 11.7. The lowest BCUT2D eigenvalue weighted by atomic mass is 10.2. The number of hydrogen-bond acceptors (Lipinski definition) is 5. The van der Waals surface area contributed by atoms with Crippen molar-refractivity contribution >= 4 is 17.3 Å². The first-order valence-electron chi connectivity index (χ1n) is 8.06. The fraction of sp³-hybridized carbons (Fsp3) is 0.211. The van der Waals surface area contributed by atoms with Crippen LogP contribution < -0.4 is 10.6 Å². The molecule has 0 saturated carbocycles. The zero-order valence-corrected chi connectivity index (χ0v) is 13.9. The summed E-state index contributed by atoms with van der Waals surface area (Å²) < 4.78 is 0. The van der Waals surface area contributed by atoms with Gasteiger partial charge < -0.3 is 10.6 Å². The van der Waals surface area contributed by atoms with E-state index < -0.39 is 0 Å². The van der Waals surface area contributed by atoms with Gasteiger partial charge in [0.1, 0.15) is 11.6 Å². The summed E-state index contributed by atoms with van der Waals surface area (Å²) in [5.74, 6) is 2.80. The lowest BCUT2D eigenvalue weighted by Crippen LogP contribution is -2.10. The summed E-state index contributed by atoms with van der Waals surface area (Å²) in [5, 5.41) is 6.69. The van der Waals surface area contributed by atoms with Crippen molar-refractivity contribution in [3.05, 3.63) is 60.9 Å². The van der Waals surface area contributed by atoms with Gasteiger partial charge in [0.2, 0.25) is 0 Å². The van der Waals surface area contributed by atoms with E-state index in [2.05, 4.69) is 39.4 Å². The largest absolute Gasteiger partial charge is 0.370 e. The second kappa shape index (κ2) is 7.55. The van der Waals surface area contributed by atoms with Crippen LogP contribution in [0.1, 0.15) is 13.8 Å². The second-order valence-electron chi connectivity index (χ2n) is 5.96. The van der Waals surface area contributed by atoms with Crippen molar-refractivity contribution in [1.29, 1.82) is 0 Å². The Kier molecular flexibility index (Phi) is 5.01. The van der Waals surface area contributed by atoms with Crippen LogP contribution in [-0.2, 0) is 0 Å². The van der Waals surface area contributed by atoms with E-state index in [0.29, 0.717) is 11.7 Å². The van der Waals surface area contributed by atoms with Crippen molar-refractivity contribution in [2.75, 3.05) is 17.2 Å². The number of benzene rings is 1. The zero-order valence-electron chi connectivity index (χ0n) is 13.9. The van der Waals surface area contributed by atoms with Crippen LogP contribution in [0.15, 0.2) is 60.9 Å². The van der Waals surface area contributed by atoms with Gasteiger partial charge in [-0.3, -0.25) is 4.98 Å². The van der Waals surface area contributed by atoms with E-state index in [0.717, 1.165) is 29.4 Å². The van der Waals surface area contributed by atoms with Crippen molar-refractivity contribution in [2.24, 2.45) is 5.92 Å². The van der Waals surface area contributed by atoms with Gasteiger partial charge in [0, 0.05) is 36.3 Å². The number of rotatable bonds is 6. The highest BCUT2D eigenvalue weighted by molar-refractivity contribution is 5.64. The maximum atomic E-state index is 4.64. The number of nitrogens with one attached hydrogen (secondary N) is 2. The second-order valence-corrected chi connectivity index (χ2v) is 5.96. The van der Waals surface area contributed by atoms with Crippen LogP contribution in [0, 0.1) is 5.92 Å². The molecule has 0 fully saturated rings. The van der Waals surface area contributed by atoms with Crippen molar-refractivity contribution in [3.8, 4) is 11.4 Å². The van der Waals surface area contributed by atoms with Gasteiger partial charge >= 0.3 is 0 Å². The van der Waals surface area contributed by atoms with Gasteiger partial charge in [-0.1, -0.05) is 44.2 Å². The molecule has 5 nitrogen and oxygen atoms in total. The van der Waals surface area contributed by atoms with E-state index >= 15 is 0 Å². The minimum absolute atomic E-state index is 0.539. The van der Waals surface area contributed by atoms with Crippen LogP contribution in [-0.4, -0.2) is 21.5 Å². The SMILES string of the molecule is CC(C)CNc1cc(Nc2ccncc2)nc(-c2ccccc2)n1. The normalized spacial score (nSPS) is 10.6. The molecule has 122 valence electrons. The summed E-state index contributed by atoms with van der Waals surface area (Å²) in [5.41, 5.74) is 1.93. The molecule has 1 aromatic carbocycles. The maximum absolute atomic E-state index is 4.64. The lowest BCUT2D eigenvalue weighted by molar-refractivity contribution is 0.687. The van der Waals surface area contributed by atoms with Crippen molar-refractivity contribution < 1.29 is 0 Å². The molecule has 3 aromatic rings. The van der Waals surface area contributed by atoms with Crippen LogP contribution >= 0.6 is 0 Å². The van der Waals surface area contributed by atoms with Gasteiger partial charge in [0.25, 0.3) is 0 Å². The molecule has 2 heterocycles. The third-order valence-corrected chi connectivity index (χ3v) is 3.40. The third-order valence-electron chi connectivity index (χ3n) is 3.40. The molecule has 24 heavy (non-hydrogen) atoms. The Hall–Kier alpha value is -2.95. The van der Waals surface area contributed by atoms with E-state index in [1.165, 1.54) is 0 Å². The van der Waals surface area contributed by atoms with E-state index in [4.69, 9.17) is 0 Å². The first kappa shape index (κ1) is 15.9. The van der Waals surface area contributed by atoms with Gasteiger partial charge in [0.15, 0.2) is 5.82 Å². The molecule has 0 aliphatic heterocycles. The highest BCUT2D eigenvalue weighted by Crippen LogP contribution is 2.22. The Balaban J connectivity index is 1.93. The molecule has 0 spiro atoms. The highest BCUT2D eigenvalue weighted by atomic mass is 15.1. The molecule has 0 amide bonds. The van der Waals surface area contributed by atoms with E-state index in [1.54, 1.807) is 12.4 Å². The van der Waals surface area contributed by atoms with E-state index in [1.807, 2.05) is 48.5 Å². The van der Waals surface area contributed by atoms with Gasteiger partial charge in [-0.15, -0.1) is 0 Å². The number of pyridine rings is 1. The molecule has 0 atom stereocenters. The minimum atomic E-state index is 0.539. The Morgan fingerprint density at radius 3 is 2.33 bits per heavy atom. The van der Waals surface area contributed by atoms with E-state index in [9.17, 15) is 0 Å². The summed E-state index contributed by atoms with van der Waals surface area (Å²) in [7, 11) is 0. The molecular weight excluding hydrogens is 298 g/mol. The summed E-state index contributed by atoms with van der Waals surface area (Å²) in [4.78, 5) is 13.3. The zero-order chi connectivity index (χ0) is 16.8. The molecule has 2 aromatic heterocycles. The fourth-order valence-corrected chi connectivity index (χ4v) is 2.21. The van der Waals surface area contributed by atoms with Gasteiger partial charge in [0.05, 0.1) is 0 Å². The maximum Gasteiger partial charge on any atom is 0.163 e. The summed E-state index contributed by atoms with van der Waals surface area (Å²) in [6.45, 7) is 5.20. The molecule has 0 bridgehead atoms. The molecule has 0 unspecified atom stereocenters. The molecule has 2 N–H and O–H groups in total. The van der Waals surface area contributed by atoms with Gasteiger partial charge in [-0.05, 0) is 18.1 Å². The van der Waals surface area contributed by atoms with E-state index in [-0.39, 0.29) is 0 Å². The standard InChI is InChI=1S/C19H21N5/c1-14(2)13-21-17-12-18(22-16-8-10-20-11-9-16)24-19(23-17)15-6-4-3-5-7-15/h3-12,14H,13H2,1-2H3,(H2,20,21,22,23,24). The van der Waals surface area contributed by atoms with Crippen LogP contribution in [0.25, 0.3) is 11.4 Å². The molecule has 0 saturated heterocycles. The number of nitrogens with zero attached hydrogens (tertiary/aromatic N) is 3. The molecule has 0 aliphatic carbocycles. The van der Waals surface area contributed by atoms with Crippen LogP contribution in [0.5, 0.6) is 0 Å². The first-order valence-corrected chi connectivity index (χ1v) is 8.06. The predicted octanol–water partition coefficient (Wildman–Crippen LogP) is 4.35. The van der Waals surface area contributed by atoms with Gasteiger partial charge in [-0.25, -0.2) is 9.97 Å². The quantitative estimate of drug-likeness (QED) is 0.707. The average Bonchev–Trinajstić information content (AvgIpc) is 2.61. The van der Waals surface area contributed by atoms with Crippen molar-refractivity contribution in [1.82, 2.24) is 15.0 Å². The minimum Gasteiger partial charge on any atom is -0.370 e. The van der Waals surface area contributed by atoms with Crippen LogP contribution in [0.3, 0.4) is 0 Å². The molecule has 0 radical (unpaired) electrons. The fourth-order valence-electron chi connectivity index (χ4n) is 2.21. The summed E-state index contributed by atoms with van der Waals surface area (Å²) >= 11 is 0. The number of anilines is 3. The molecule has 3 rings (SSSR count). The lowest BCUT2D eigenvalue weighted by Gasteiger charge is -2.12. The Bertz CT molecular complexity index is 772. The monoisotopic (exact) mass is 319 g/mol. The number of hydrogen-bond donors (Lipinski definition) is 2. The summed E-state index contributed by atoms with van der Waals surface area (Å²) in [6.07, 6.45) is 3.50. The summed E-state index contributed by atoms with van der Waals surface area (Å²) in [6, 6.07) is 15.7. The van der Waals surface area contributed by atoms with Crippen LogP contribution in [0.2, 0.25) is 0 Å². The van der Waals surface area contributed by atoms with Crippen molar-refractivity contribution in [2.45, 2.75) is 13.8 Å².